The van der Waals surface area contributed by atoms with E-state index in [4.69, 9.17) is 44.1 Å². The van der Waals surface area contributed by atoms with Crippen molar-refractivity contribution in [3.63, 3.8) is 0 Å². The van der Waals surface area contributed by atoms with Gasteiger partial charge in [-0.05, 0) is 22.0 Å². The SMILES string of the molecule is O=C(COc1cc(Cl)c(Cl)cc1Cl)NCCNC(=O)c1nc(Cn2cc(Br)cn2)no1. The first-order valence-electron chi connectivity index (χ1n) is 8.64. The van der Waals surface area contributed by atoms with E-state index in [0.717, 1.165) is 4.47 Å². The van der Waals surface area contributed by atoms with Crippen LogP contribution in [0.25, 0.3) is 0 Å². The zero-order valence-electron chi connectivity index (χ0n) is 15.6. The third-order valence-electron chi connectivity index (χ3n) is 3.63. The minimum absolute atomic E-state index is 0.141. The topological polar surface area (TPSA) is 124 Å². The minimum Gasteiger partial charge on any atom is -0.482 e. The Balaban J connectivity index is 1.37. The van der Waals surface area contributed by atoms with Crippen molar-refractivity contribution in [2.45, 2.75) is 6.54 Å². The number of benzene rings is 1. The third kappa shape index (κ3) is 6.82. The fourth-order valence-corrected chi connectivity index (χ4v) is 3.16. The van der Waals surface area contributed by atoms with Crippen LogP contribution >= 0.6 is 50.7 Å². The molecule has 0 bridgehead atoms. The largest absolute Gasteiger partial charge is 0.482 e. The van der Waals surface area contributed by atoms with Gasteiger partial charge in [0, 0.05) is 25.4 Å². The zero-order chi connectivity index (χ0) is 22.4. The van der Waals surface area contributed by atoms with Crippen molar-refractivity contribution in [1.82, 2.24) is 30.6 Å². The van der Waals surface area contributed by atoms with Crippen molar-refractivity contribution in [3.05, 3.63) is 55.8 Å². The maximum Gasteiger partial charge on any atom is 0.316 e. The third-order valence-corrected chi connectivity index (χ3v) is 5.06. The smallest absolute Gasteiger partial charge is 0.316 e. The molecular formula is C17H14BrCl3N6O4. The van der Waals surface area contributed by atoms with Gasteiger partial charge in [-0.15, -0.1) is 0 Å². The molecule has 10 nitrogen and oxygen atoms in total. The summed E-state index contributed by atoms with van der Waals surface area (Å²) < 4.78 is 12.6. The van der Waals surface area contributed by atoms with Gasteiger partial charge in [0.1, 0.15) is 12.3 Å². The van der Waals surface area contributed by atoms with Crippen molar-refractivity contribution in [3.8, 4) is 5.75 Å². The molecule has 2 heterocycles. The maximum atomic E-state index is 12.1. The van der Waals surface area contributed by atoms with Gasteiger partial charge in [0.2, 0.25) is 0 Å². The summed E-state index contributed by atoms with van der Waals surface area (Å²) in [4.78, 5) is 27.9. The predicted molar refractivity (Wildman–Crippen MR) is 116 cm³/mol. The molecule has 0 spiro atoms. The van der Waals surface area contributed by atoms with Gasteiger partial charge in [-0.25, -0.2) is 0 Å². The highest BCUT2D eigenvalue weighted by Crippen LogP contribution is 2.33. The lowest BCUT2D eigenvalue weighted by atomic mass is 10.3. The number of hydrogen-bond donors (Lipinski definition) is 2. The van der Waals surface area contributed by atoms with Crippen molar-refractivity contribution >= 4 is 62.5 Å². The van der Waals surface area contributed by atoms with Gasteiger partial charge in [0.05, 0.1) is 25.7 Å². The molecule has 0 atom stereocenters. The molecule has 1 aromatic carbocycles. The Morgan fingerprint density at radius 1 is 1.13 bits per heavy atom. The molecule has 0 saturated heterocycles. The van der Waals surface area contributed by atoms with E-state index < -0.39 is 11.8 Å². The normalized spacial score (nSPS) is 10.7. The van der Waals surface area contributed by atoms with E-state index in [9.17, 15) is 9.59 Å². The Morgan fingerprint density at radius 3 is 2.61 bits per heavy atom. The van der Waals surface area contributed by atoms with E-state index in [1.807, 2.05) is 0 Å². The molecule has 0 aliphatic carbocycles. The second-order valence-electron chi connectivity index (χ2n) is 5.96. The van der Waals surface area contributed by atoms with Crippen LogP contribution in [0.4, 0.5) is 0 Å². The summed E-state index contributed by atoms with van der Waals surface area (Å²) in [5.74, 6) is -0.637. The number of rotatable bonds is 9. The minimum atomic E-state index is -0.562. The van der Waals surface area contributed by atoms with Crippen LogP contribution in [0, 0.1) is 0 Å². The Hall–Kier alpha value is -2.34. The van der Waals surface area contributed by atoms with Crippen LogP contribution in [0.1, 0.15) is 16.5 Å². The second kappa shape index (κ2) is 10.8. The van der Waals surface area contributed by atoms with Gasteiger partial charge in [-0.3, -0.25) is 14.3 Å². The quantitative estimate of drug-likeness (QED) is 0.309. The number of nitrogens with zero attached hydrogens (tertiary/aromatic N) is 4. The highest BCUT2D eigenvalue weighted by molar-refractivity contribution is 9.10. The molecule has 0 saturated carbocycles. The molecule has 3 rings (SSSR count). The lowest BCUT2D eigenvalue weighted by Crippen LogP contribution is -2.36. The summed E-state index contributed by atoms with van der Waals surface area (Å²) in [5.41, 5.74) is 0. The summed E-state index contributed by atoms with van der Waals surface area (Å²) in [6.07, 6.45) is 3.35. The van der Waals surface area contributed by atoms with Gasteiger partial charge in [0.25, 0.3) is 5.91 Å². The lowest BCUT2D eigenvalue weighted by Gasteiger charge is -2.10. The fraction of sp³-hybridized carbons (Fsp3) is 0.235. The molecule has 0 radical (unpaired) electrons. The van der Waals surface area contributed by atoms with Gasteiger partial charge in [-0.1, -0.05) is 40.0 Å². The van der Waals surface area contributed by atoms with E-state index in [-0.39, 0.29) is 52.9 Å². The van der Waals surface area contributed by atoms with Crippen LogP contribution in [-0.4, -0.2) is 51.4 Å². The lowest BCUT2D eigenvalue weighted by molar-refractivity contribution is -0.123. The second-order valence-corrected chi connectivity index (χ2v) is 8.10. The van der Waals surface area contributed by atoms with E-state index in [1.165, 1.54) is 12.1 Å². The maximum absolute atomic E-state index is 12.1. The van der Waals surface area contributed by atoms with Gasteiger partial charge in [0.15, 0.2) is 12.4 Å². The van der Waals surface area contributed by atoms with Crippen LogP contribution in [0.3, 0.4) is 0 Å². The number of aromatic nitrogens is 4. The number of nitrogens with one attached hydrogen (secondary N) is 2. The van der Waals surface area contributed by atoms with Crippen LogP contribution in [0.5, 0.6) is 5.75 Å². The number of hydrogen-bond acceptors (Lipinski definition) is 7. The highest BCUT2D eigenvalue weighted by atomic mass is 79.9. The molecular weight excluding hydrogens is 538 g/mol. The van der Waals surface area contributed by atoms with Gasteiger partial charge >= 0.3 is 11.8 Å². The molecule has 0 unspecified atom stereocenters. The highest BCUT2D eigenvalue weighted by Gasteiger charge is 2.15. The number of carbonyl (C=O) groups excluding carboxylic acids is 2. The number of ether oxygens (including phenoxy) is 1. The monoisotopic (exact) mass is 550 g/mol. The summed E-state index contributed by atoms with van der Waals surface area (Å²) in [5, 5.41) is 13.7. The Bertz CT molecular complexity index is 1090. The van der Waals surface area contributed by atoms with E-state index in [1.54, 1.807) is 17.1 Å². The van der Waals surface area contributed by atoms with Crippen molar-refractivity contribution in [2.24, 2.45) is 0 Å². The molecule has 3 aromatic rings. The molecule has 2 aromatic heterocycles. The molecule has 164 valence electrons. The summed E-state index contributed by atoms with van der Waals surface area (Å²) in [7, 11) is 0. The van der Waals surface area contributed by atoms with E-state index in [0.29, 0.717) is 5.82 Å². The first kappa shape index (κ1) is 23.3. The Labute approximate surface area is 199 Å². The number of carbonyl (C=O) groups is 2. The summed E-state index contributed by atoms with van der Waals surface area (Å²) in [6, 6.07) is 2.84. The van der Waals surface area contributed by atoms with E-state index >= 15 is 0 Å². The predicted octanol–water partition coefficient (Wildman–Crippen LogP) is 2.96. The van der Waals surface area contributed by atoms with Crippen molar-refractivity contribution in [2.75, 3.05) is 19.7 Å². The summed E-state index contributed by atoms with van der Waals surface area (Å²) >= 11 is 21.0. The fourth-order valence-electron chi connectivity index (χ4n) is 2.24. The molecule has 14 heteroatoms. The van der Waals surface area contributed by atoms with Crippen LogP contribution in [0.15, 0.2) is 33.5 Å². The Morgan fingerprint density at radius 2 is 1.87 bits per heavy atom. The number of halogens is 4. The van der Waals surface area contributed by atoms with E-state index in [2.05, 4.69) is 41.8 Å². The molecule has 0 aliphatic rings. The standard InChI is InChI=1S/C17H14BrCl3N6O4/c18-9-5-24-27(6-9)7-14-25-17(31-26-14)16(29)23-2-1-22-15(28)8-30-13-4-11(20)10(19)3-12(13)21/h3-6H,1-2,7-8H2,(H,22,28)(H,23,29). The molecule has 0 fully saturated rings. The van der Waals surface area contributed by atoms with Gasteiger partial charge in [-0.2, -0.15) is 10.1 Å². The average molecular weight is 553 g/mol. The zero-order valence-corrected chi connectivity index (χ0v) is 19.4. The first-order valence-corrected chi connectivity index (χ1v) is 10.6. The van der Waals surface area contributed by atoms with Crippen molar-refractivity contribution in [1.29, 1.82) is 0 Å². The van der Waals surface area contributed by atoms with Gasteiger partial charge < -0.3 is 19.9 Å². The van der Waals surface area contributed by atoms with Crippen LogP contribution in [0.2, 0.25) is 15.1 Å². The first-order chi connectivity index (χ1) is 14.8. The average Bonchev–Trinajstić information content (AvgIpc) is 3.36. The molecule has 2 amide bonds. The van der Waals surface area contributed by atoms with Crippen LogP contribution < -0.4 is 15.4 Å². The molecule has 31 heavy (non-hydrogen) atoms. The molecule has 0 aliphatic heterocycles. The van der Waals surface area contributed by atoms with Crippen molar-refractivity contribution < 1.29 is 18.8 Å². The summed E-state index contributed by atoms with van der Waals surface area (Å²) in [6.45, 7) is 0.261. The van der Waals surface area contributed by atoms with Crippen LogP contribution in [-0.2, 0) is 11.3 Å². The molecule has 2 N–H and O–H groups in total. The Kier molecular flexibility index (Phi) is 8.13. The number of amides is 2.